The molecule has 9 N–H and O–H groups in total. The monoisotopic (exact) mass is 972 g/mol. The van der Waals surface area contributed by atoms with E-state index in [2.05, 4.69) is 31.3 Å². The first-order chi connectivity index (χ1) is 33.1. The molecule has 0 aliphatic carbocycles. The highest BCUT2D eigenvalue weighted by Gasteiger charge is 2.51. The molecule has 14 heteroatoms. The first kappa shape index (κ1) is 62.6. The van der Waals surface area contributed by atoms with Gasteiger partial charge >= 0.3 is 0 Å². The Balaban J connectivity index is 1.70. The van der Waals surface area contributed by atoms with Gasteiger partial charge in [-0.05, 0) is 32.1 Å². The number of hydrogen-bond acceptors (Lipinski definition) is 13. The van der Waals surface area contributed by atoms with E-state index in [1.807, 2.05) is 6.08 Å². The largest absolute Gasteiger partial charge is 0.394 e. The number of carbonyl (C=O) groups excluding carboxylic acids is 1. The summed E-state index contributed by atoms with van der Waals surface area (Å²) in [6, 6.07) is -0.925. The standard InChI is InChI=1S/C54H101NO13/c1-3-5-7-9-11-13-14-15-16-17-18-19-20-21-22-23-24-25-26-27-28-30-32-34-36-38-46(59)55-42(43(58)37-35-33-31-29-12-10-8-6-4-2)41-65-53-51(64)49(62)52(45(40-57)67-53)68-54-50(63)48(61)47(60)44(39-56)66-54/h12,29,35,37,42-45,47-54,56-58,60-64H,3-11,13-28,30-34,36,38-41H2,1-2H3,(H,55,59)/b29-12+,37-35+. The first-order valence-electron chi connectivity index (χ1n) is 27.6. The van der Waals surface area contributed by atoms with E-state index in [1.165, 1.54) is 148 Å². The molecule has 0 radical (unpaired) electrons. The Labute approximate surface area is 411 Å². The van der Waals surface area contributed by atoms with Gasteiger partial charge in [0.2, 0.25) is 5.91 Å². The van der Waals surface area contributed by atoms with Gasteiger partial charge in [-0.1, -0.05) is 205 Å². The summed E-state index contributed by atoms with van der Waals surface area (Å²) in [5.41, 5.74) is 0. The van der Waals surface area contributed by atoms with E-state index in [1.54, 1.807) is 6.08 Å². The van der Waals surface area contributed by atoms with Crippen LogP contribution in [0.3, 0.4) is 0 Å². The van der Waals surface area contributed by atoms with Crippen molar-refractivity contribution in [3.63, 3.8) is 0 Å². The Kier molecular flexibility index (Phi) is 37.7. The van der Waals surface area contributed by atoms with Crippen molar-refractivity contribution in [1.29, 1.82) is 0 Å². The zero-order chi connectivity index (χ0) is 49.6. The molecule has 2 fully saturated rings. The van der Waals surface area contributed by atoms with Gasteiger partial charge in [0.05, 0.1) is 32.0 Å². The van der Waals surface area contributed by atoms with Crippen LogP contribution in [0.25, 0.3) is 0 Å². The maximum Gasteiger partial charge on any atom is 0.220 e. The summed E-state index contributed by atoms with van der Waals surface area (Å²) in [5.74, 6) is -0.249. The zero-order valence-electron chi connectivity index (χ0n) is 42.6. The quantitative estimate of drug-likeness (QED) is 0.0208. The zero-order valence-corrected chi connectivity index (χ0v) is 42.6. The Bertz CT molecular complexity index is 1240. The third-order valence-corrected chi connectivity index (χ3v) is 13.6. The van der Waals surface area contributed by atoms with Gasteiger partial charge < -0.3 is 65.1 Å². The molecule has 2 heterocycles. The number of aliphatic hydroxyl groups is 8. The maximum atomic E-state index is 13.2. The van der Waals surface area contributed by atoms with E-state index < -0.39 is 86.8 Å². The minimum absolute atomic E-state index is 0.249. The SMILES string of the molecule is CCCCC/C=C/CC/C=C/C(O)C(COC1OC(CO)C(OC2OC(CO)C(O)C(O)C2O)C(O)C1O)NC(=O)CCCCCCCCCCCCCCCCCCCCCCCCCCC. The fourth-order valence-electron chi connectivity index (χ4n) is 9.13. The number of rotatable bonds is 43. The van der Waals surface area contributed by atoms with Gasteiger partial charge in [0.1, 0.15) is 48.8 Å². The summed E-state index contributed by atoms with van der Waals surface area (Å²) in [6.07, 6.45) is 29.7. The van der Waals surface area contributed by atoms with Crippen molar-refractivity contribution in [3.05, 3.63) is 24.3 Å². The van der Waals surface area contributed by atoms with Gasteiger partial charge in [0.15, 0.2) is 12.6 Å². The second-order valence-electron chi connectivity index (χ2n) is 19.7. The van der Waals surface area contributed by atoms with Crippen molar-refractivity contribution < 1.29 is 64.6 Å². The van der Waals surface area contributed by atoms with Crippen LogP contribution >= 0.6 is 0 Å². The lowest BCUT2D eigenvalue weighted by Crippen LogP contribution is -2.65. The molecule has 68 heavy (non-hydrogen) atoms. The fraction of sp³-hybridized carbons (Fsp3) is 0.907. The molecule has 14 nitrogen and oxygen atoms in total. The summed E-state index contributed by atoms with van der Waals surface area (Å²) in [6.45, 7) is 2.73. The van der Waals surface area contributed by atoms with Gasteiger partial charge in [0.25, 0.3) is 0 Å². The van der Waals surface area contributed by atoms with Crippen LogP contribution in [0.5, 0.6) is 0 Å². The van der Waals surface area contributed by atoms with Crippen molar-refractivity contribution in [2.24, 2.45) is 0 Å². The van der Waals surface area contributed by atoms with Gasteiger partial charge in [-0.15, -0.1) is 0 Å². The molecule has 0 aromatic heterocycles. The third kappa shape index (κ3) is 27.3. The van der Waals surface area contributed by atoms with Crippen molar-refractivity contribution in [3.8, 4) is 0 Å². The first-order valence-corrected chi connectivity index (χ1v) is 27.6. The molecule has 2 saturated heterocycles. The molecule has 0 saturated carbocycles. The van der Waals surface area contributed by atoms with Crippen LogP contribution in [0.1, 0.15) is 219 Å². The minimum atomic E-state index is -1.79. The number of aliphatic hydroxyl groups excluding tert-OH is 8. The molecular formula is C54H101NO13. The van der Waals surface area contributed by atoms with E-state index in [9.17, 15) is 45.6 Å². The van der Waals surface area contributed by atoms with E-state index in [0.29, 0.717) is 12.8 Å². The predicted octanol–water partition coefficient (Wildman–Crippen LogP) is 8.11. The fourth-order valence-corrected chi connectivity index (χ4v) is 9.13. The minimum Gasteiger partial charge on any atom is -0.394 e. The van der Waals surface area contributed by atoms with Crippen LogP contribution in [0.4, 0.5) is 0 Å². The molecular weight excluding hydrogens is 871 g/mol. The van der Waals surface area contributed by atoms with Crippen LogP contribution in [-0.4, -0.2) is 140 Å². The average Bonchev–Trinajstić information content (AvgIpc) is 3.34. The van der Waals surface area contributed by atoms with Crippen molar-refractivity contribution in [2.45, 2.75) is 293 Å². The molecule has 12 atom stereocenters. The van der Waals surface area contributed by atoms with Crippen molar-refractivity contribution in [2.75, 3.05) is 19.8 Å². The summed E-state index contributed by atoms with van der Waals surface area (Å²) in [5, 5.41) is 86.6. The summed E-state index contributed by atoms with van der Waals surface area (Å²) in [7, 11) is 0. The number of hydrogen-bond donors (Lipinski definition) is 9. The van der Waals surface area contributed by atoms with E-state index in [0.717, 1.165) is 38.5 Å². The molecule has 1 amide bonds. The maximum absolute atomic E-state index is 13.2. The molecule has 0 bridgehead atoms. The third-order valence-electron chi connectivity index (χ3n) is 13.6. The Morgan fingerprint density at radius 3 is 1.44 bits per heavy atom. The van der Waals surface area contributed by atoms with Gasteiger partial charge in [-0.2, -0.15) is 0 Å². The lowest BCUT2D eigenvalue weighted by molar-refractivity contribution is -0.359. The van der Waals surface area contributed by atoms with E-state index in [4.69, 9.17) is 18.9 Å². The van der Waals surface area contributed by atoms with Crippen LogP contribution in [-0.2, 0) is 23.7 Å². The molecule has 2 aliphatic rings. The molecule has 12 unspecified atom stereocenters. The smallest absolute Gasteiger partial charge is 0.220 e. The van der Waals surface area contributed by atoms with Crippen LogP contribution < -0.4 is 5.32 Å². The van der Waals surface area contributed by atoms with E-state index in [-0.39, 0.29) is 18.9 Å². The predicted molar refractivity (Wildman–Crippen MR) is 268 cm³/mol. The van der Waals surface area contributed by atoms with Crippen LogP contribution in [0, 0.1) is 0 Å². The van der Waals surface area contributed by atoms with Crippen LogP contribution in [0.15, 0.2) is 24.3 Å². The topological polar surface area (TPSA) is 228 Å². The van der Waals surface area contributed by atoms with E-state index >= 15 is 0 Å². The lowest BCUT2D eigenvalue weighted by atomic mass is 9.97. The molecule has 0 aromatic carbocycles. The number of carbonyl (C=O) groups is 1. The molecule has 400 valence electrons. The Morgan fingerprint density at radius 1 is 0.515 bits per heavy atom. The molecule has 0 spiro atoms. The summed E-state index contributed by atoms with van der Waals surface area (Å²) < 4.78 is 22.6. The lowest BCUT2D eigenvalue weighted by Gasteiger charge is -2.46. The average molecular weight is 972 g/mol. The summed E-state index contributed by atoms with van der Waals surface area (Å²) in [4.78, 5) is 13.2. The molecule has 2 rings (SSSR count). The number of unbranched alkanes of at least 4 members (excludes halogenated alkanes) is 28. The highest BCUT2D eigenvalue weighted by Crippen LogP contribution is 2.30. The molecule has 2 aliphatic heterocycles. The van der Waals surface area contributed by atoms with Gasteiger partial charge in [-0.3, -0.25) is 4.79 Å². The van der Waals surface area contributed by atoms with Gasteiger partial charge in [0, 0.05) is 6.42 Å². The number of ether oxygens (including phenoxy) is 4. The number of nitrogens with one attached hydrogen (secondary N) is 1. The highest BCUT2D eigenvalue weighted by molar-refractivity contribution is 5.76. The Hall–Kier alpha value is -1.53. The second-order valence-corrected chi connectivity index (χ2v) is 19.7. The number of amides is 1. The van der Waals surface area contributed by atoms with Gasteiger partial charge in [-0.25, -0.2) is 0 Å². The van der Waals surface area contributed by atoms with Crippen LogP contribution in [0.2, 0.25) is 0 Å². The molecule has 0 aromatic rings. The van der Waals surface area contributed by atoms with Crippen molar-refractivity contribution >= 4 is 5.91 Å². The number of allylic oxidation sites excluding steroid dienone is 3. The van der Waals surface area contributed by atoms with Crippen molar-refractivity contribution in [1.82, 2.24) is 5.32 Å². The normalized spacial score (nSPS) is 26.5. The second kappa shape index (κ2) is 41.0. The highest BCUT2D eigenvalue weighted by atomic mass is 16.7. The summed E-state index contributed by atoms with van der Waals surface area (Å²) >= 11 is 0. The Morgan fingerprint density at radius 2 is 0.941 bits per heavy atom.